The maximum Gasteiger partial charge on any atom is 0.410 e. The number of carbonyl (C=O) groups excluding carboxylic acids is 1. The molecule has 94 valence electrons. The lowest BCUT2D eigenvalue weighted by molar-refractivity contribution is 0.0500. The number of carbonyl (C=O) groups is 1. The van der Waals surface area contributed by atoms with E-state index in [2.05, 4.69) is 4.90 Å². The van der Waals surface area contributed by atoms with Crippen LogP contribution in [0.2, 0.25) is 0 Å². The molecule has 0 bridgehead atoms. The molecular weight excluding hydrogens is 206 g/mol. The van der Waals surface area contributed by atoms with Gasteiger partial charge in [-0.15, -0.1) is 0 Å². The van der Waals surface area contributed by atoms with Crippen molar-refractivity contribution in [3.05, 3.63) is 0 Å². The smallest absolute Gasteiger partial charge is 0.410 e. The number of hydrogen-bond donors (Lipinski definition) is 1. The molecule has 1 rings (SSSR count). The van der Waals surface area contributed by atoms with Gasteiger partial charge in [0.05, 0.1) is 12.6 Å². The van der Waals surface area contributed by atoms with Crippen LogP contribution < -0.4 is 5.73 Å². The summed E-state index contributed by atoms with van der Waals surface area (Å²) in [4.78, 5) is 15.7. The number of ether oxygens (including phenoxy) is 1. The van der Waals surface area contributed by atoms with Crippen LogP contribution in [-0.4, -0.2) is 61.8 Å². The Morgan fingerprint density at radius 3 is 2.75 bits per heavy atom. The fourth-order valence-electron chi connectivity index (χ4n) is 1.77. The molecule has 2 N–H and O–H groups in total. The summed E-state index contributed by atoms with van der Waals surface area (Å²) in [6.45, 7) is 7.43. The van der Waals surface area contributed by atoms with Crippen molar-refractivity contribution in [2.45, 2.75) is 19.9 Å². The first-order chi connectivity index (χ1) is 7.54. The van der Waals surface area contributed by atoms with E-state index in [4.69, 9.17) is 10.5 Å². The molecular formula is C11H23N3O2. The van der Waals surface area contributed by atoms with Gasteiger partial charge in [0.2, 0.25) is 0 Å². The summed E-state index contributed by atoms with van der Waals surface area (Å²) in [6.07, 6.45) is -0.225. The first-order valence-electron chi connectivity index (χ1n) is 5.86. The molecule has 0 saturated carbocycles. The number of piperazine rings is 1. The zero-order valence-electron chi connectivity index (χ0n) is 10.5. The topological polar surface area (TPSA) is 58.8 Å². The fourth-order valence-corrected chi connectivity index (χ4v) is 1.77. The van der Waals surface area contributed by atoms with Gasteiger partial charge in [0.1, 0.15) is 0 Å². The number of nitrogens with two attached hydrogens (primary N) is 1. The van der Waals surface area contributed by atoms with E-state index < -0.39 is 0 Å². The van der Waals surface area contributed by atoms with Crippen LogP contribution in [0, 0.1) is 5.92 Å². The predicted octanol–water partition coefficient (Wildman–Crippen LogP) is 0.354. The number of amides is 1. The molecule has 0 aromatic heterocycles. The second-order valence-electron chi connectivity index (χ2n) is 4.82. The minimum Gasteiger partial charge on any atom is -0.449 e. The van der Waals surface area contributed by atoms with Gasteiger partial charge in [-0.2, -0.15) is 0 Å². The highest BCUT2D eigenvalue weighted by molar-refractivity contribution is 5.68. The number of rotatable bonds is 3. The third-order valence-corrected chi connectivity index (χ3v) is 2.73. The molecule has 1 saturated heterocycles. The van der Waals surface area contributed by atoms with Crippen LogP contribution in [0.25, 0.3) is 0 Å². The molecule has 1 aliphatic rings. The Labute approximate surface area is 97.5 Å². The number of likely N-dealkylation sites (N-methyl/N-ethyl adjacent to an activating group) is 1. The van der Waals surface area contributed by atoms with Crippen molar-refractivity contribution in [2.24, 2.45) is 11.7 Å². The Bertz CT molecular complexity index is 233. The zero-order chi connectivity index (χ0) is 12.1. The molecule has 0 aliphatic carbocycles. The quantitative estimate of drug-likeness (QED) is 0.759. The molecule has 1 amide bonds. The molecule has 1 unspecified atom stereocenters. The monoisotopic (exact) mass is 229 g/mol. The highest BCUT2D eigenvalue weighted by Crippen LogP contribution is 2.09. The number of hydrogen-bond acceptors (Lipinski definition) is 4. The molecule has 0 aromatic carbocycles. The average Bonchev–Trinajstić information content (AvgIpc) is 2.25. The van der Waals surface area contributed by atoms with Crippen molar-refractivity contribution in [3.8, 4) is 0 Å². The summed E-state index contributed by atoms with van der Waals surface area (Å²) in [5.41, 5.74) is 5.67. The van der Waals surface area contributed by atoms with E-state index in [0.29, 0.717) is 25.6 Å². The van der Waals surface area contributed by atoms with Gasteiger partial charge in [0, 0.05) is 26.2 Å². The predicted molar refractivity (Wildman–Crippen MR) is 63.2 cm³/mol. The Morgan fingerprint density at radius 2 is 2.19 bits per heavy atom. The maximum atomic E-state index is 11.8. The van der Waals surface area contributed by atoms with Crippen LogP contribution in [0.4, 0.5) is 4.79 Å². The third-order valence-electron chi connectivity index (χ3n) is 2.73. The summed E-state index contributed by atoms with van der Waals surface area (Å²) >= 11 is 0. The van der Waals surface area contributed by atoms with E-state index >= 15 is 0 Å². The van der Waals surface area contributed by atoms with Crippen molar-refractivity contribution in [2.75, 3.05) is 39.8 Å². The van der Waals surface area contributed by atoms with Crippen molar-refractivity contribution >= 4 is 6.09 Å². The van der Waals surface area contributed by atoms with Crippen LogP contribution in [-0.2, 0) is 4.74 Å². The molecule has 1 heterocycles. The first-order valence-corrected chi connectivity index (χ1v) is 5.86. The molecule has 0 spiro atoms. The molecule has 1 aliphatic heterocycles. The minimum atomic E-state index is -0.225. The summed E-state index contributed by atoms with van der Waals surface area (Å²) in [5.74, 6) is 0.368. The summed E-state index contributed by atoms with van der Waals surface area (Å²) in [6, 6.07) is 0.0819. The fraction of sp³-hybridized carbons (Fsp3) is 0.909. The zero-order valence-corrected chi connectivity index (χ0v) is 10.5. The standard InChI is InChI=1S/C11H23N3O2/c1-9(2)8-16-11(15)14-5-4-13(3)7-10(14)6-12/h9-10H,4-8,12H2,1-3H3. The van der Waals surface area contributed by atoms with E-state index in [1.54, 1.807) is 4.90 Å². The molecule has 5 nitrogen and oxygen atoms in total. The van der Waals surface area contributed by atoms with Gasteiger partial charge < -0.3 is 20.3 Å². The Balaban J connectivity index is 2.47. The van der Waals surface area contributed by atoms with E-state index in [1.807, 2.05) is 20.9 Å². The normalized spacial score (nSPS) is 22.6. The Hall–Kier alpha value is -0.810. The Morgan fingerprint density at radius 1 is 1.50 bits per heavy atom. The second kappa shape index (κ2) is 6.06. The highest BCUT2D eigenvalue weighted by Gasteiger charge is 2.28. The average molecular weight is 229 g/mol. The molecule has 1 fully saturated rings. The third kappa shape index (κ3) is 3.64. The lowest BCUT2D eigenvalue weighted by atomic mass is 10.2. The van der Waals surface area contributed by atoms with E-state index in [-0.39, 0.29) is 12.1 Å². The van der Waals surface area contributed by atoms with Gasteiger partial charge in [-0.05, 0) is 13.0 Å². The van der Waals surface area contributed by atoms with Gasteiger partial charge in [-0.3, -0.25) is 0 Å². The van der Waals surface area contributed by atoms with Crippen LogP contribution in [0.1, 0.15) is 13.8 Å². The maximum absolute atomic E-state index is 11.8. The van der Waals surface area contributed by atoms with Crippen LogP contribution >= 0.6 is 0 Å². The van der Waals surface area contributed by atoms with Crippen molar-refractivity contribution in [1.29, 1.82) is 0 Å². The first kappa shape index (κ1) is 13.3. The van der Waals surface area contributed by atoms with Crippen molar-refractivity contribution in [1.82, 2.24) is 9.80 Å². The Kier molecular flexibility index (Phi) is 5.02. The highest BCUT2D eigenvalue weighted by atomic mass is 16.6. The van der Waals surface area contributed by atoms with Crippen LogP contribution in [0.3, 0.4) is 0 Å². The molecule has 5 heteroatoms. The number of nitrogens with zero attached hydrogens (tertiary/aromatic N) is 2. The SMILES string of the molecule is CC(C)COC(=O)N1CCN(C)CC1CN. The molecule has 0 radical (unpaired) electrons. The van der Waals surface area contributed by atoms with Gasteiger partial charge >= 0.3 is 6.09 Å². The second-order valence-corrected chi connectivity index (χ2v) is 4.82. The largest absolute Gasteiger partial charge is 0.449 e. The molecule has 1 atom stereocenters. The molecule has 0 aromatic rings. The van der Waals surface area contributed by atoms with Crippen LogP contribution in [0.15, 0.2) is 0 Å². The van der Waals surface area contributed by atoms with Crippen LogP contribution in [0.5, 0.6) is 0 Å². The summed E-state index contributed by atoms with van der Waals surface area (Å²) in [5, 5.41) is 0. The van der Waals surface area contributed by atoms with Gasteiger partial charge in [-0.1, -0.05) is 13.8 Å². The lowest BCUT2D eigenvalue weighted by Gasteiger charge is -2.38. The van der Waals surface area contributed by atoms with E-state index in [9.17, 15) is 4.79 Å². The molecule has 16 heavy (non-hydrogen) atoms. The van der Waals surface area contributed by atoms with E-state index in [0.717, 1.165) is 13.1 Å². The lowest BCUT2D eigenvalue weighted by Crippen LogP contribution is -2.57. The van der Waals surface area contributed by atoms with Gasteiger partial charge in [0.15, 0.2) is 0 Å². The van der Waals surface area contributed by atoms with Gasteiger partial charge in [-0.25, -0.2) is 4.79 Å². The summed E-state index contributed by atoms with van der Waals surface area (Å²) < 4.78 is 5.22. The van der Waals surface area contributed by atoms with Gasteiger partial charge in [0.25, 0.3) is 0 Å². The minimum absolute atomic E-state index is 0.0819. The van der Waals surface area contributed by atoms with Crippen molar-refractivity contribution in [3.63, 3.8) is 0 Å². The van der Waals surface area contributed by atoms with E-state index in [1.165, 1.54) is 0 Å². The summed E-state index contributed by atoms with van der Waals surface area (Å²) in [7, 11) is 2.04. The van der Waals surface area contributed by atoms with Crippen molar-refractivity contribution < 1.29 is 9.53 Å².